The molecule has 2 rings (SSSR count). The lowest BCUT2D eigenvalue weighted by atomic mass is 9.95. The van der Waals surface area contributed by atoms with Gasteiger partial charge in [-0.2, -0.15) is 8.42 Å². The number of hydrogen-bond donors (Lipinski definition) is 1. The molecule has 1 heterocycles. The lowest BCUT2D eigenvalue weighted by molar-refractivity contribution is -0.130. The van der Waals surface area contributed by atoms with Gasteiger partial charge in [-0.15, -0.1) is 0 Å². The monoisotopic (exact) mass is 438 g/mol. The highest BCUT2D eigenvalue weighted by Gasteiger charge is 2.40. The number of nitrogens with one attached hydrogen (secondary N) is 1. The Morgan fingerprint density at radius 2 is 2.03 bits per heavy atom. The van der Waals surface area contributed by atoms with E-state index in [9.17, 15) is 18.0 Å². The van der Waals surface area contributed by atoms with Gasteiger partial charge >= 0.3 is 6.09 Å². The zero-order valence-corrected chi connectivity index (χ0v) is 18.7. The van der Waals surface area contributed by atoms with Crippen molar-refractivity contribution in [2.24, 2.45) is 0 Å². The van der Waals surface area contributed by atoms with Crippen LogP contribution in [-0.4, -0.2) is 56.3 Å². The zero-order valence-electron chi connectivity index (χ0n) is 17.9. The Balaban J connectivity index is 2.21. The van der Waals surface area contributed by atoms with Crippen molar-refractivity contribution >= 4 is 28.2 Å². The molecule has 0 aromatic heterocycles. The van der Waals surface area contributed by atoms with E-state index in [2.05, 4.69) is 11.9 Å². The van der Waals surface area contributed by atoms with Crippen molar-refractivity contribution in [3.05, 3.63) is 42.0 Å². The molecule has 0 bridgehead atoms. The number of hydrogen-bond acceptors (Lipinski definition) is 6. The van der Waals surface area contributed by atoms with Crippen LogP contribution >= 0.6 is 0 Å². The summed E-state index contributed by atoms with van der Waals surface area (Å²) in [7, 11) is -3.79. The summed E-state index contributed by atoms with van der Waals surface area (Å²) < 4.78 is 34.6. The van der Waals surface area contributed by atoms with Gasteiger partial charge in [-0.1, -0.05) is 36.9 Å². The third-order valence-electron chi connectivity index (χ3n) is 4.55. The molecule has 166 valence electrons. The van der Waals surface area contributed by atoms with E-state index in [1.165, 1.54) is 0 Å². The van der Waals surface area contributed by atoms with E-state index in [0.717, 1.165) is 11.8 Å². The van der Waals surface area contributed by atoms with Gasteiger partial charge in [0.05, 0.1) is 12.3 Å². The lowest BCUT2D eigenvalue weighted by Gasteiger charge is -2.32. The molecule has 1 unspecified atom stereocenters. The van der Waals surface area contributed by atoms with Gasteiger partial charge < -0.3 is 15.0 Å². The molecule has 0 aliphatic carbocycles. The van der Waals surface area contributed by atoms with Crippen molar-refractivity contribution in [2.75, 3.05) is 19.3 Å². The van der Waals surface area contributed by atoms with E-state index in [0.29, 0.717) is 12.0 Å². The number of amides is 2. The second kappa shape index (κ2) is 9.61. The zero-order chi connectivity index (χ0) is 22.5. The quantitative estimate of drug-likeness (QED) is 0.626. The molecule has 1 saturated heterocycles. The van der Waals surface area contributed by atoms with Crippen LogP contribution in [0.15, 0.2) is 30.8 Å². The highest BCUT2D eigenvalue weighted by Crippen LogP contribution is 2.35. The van der Waals surface area contributed by atoms with Gasteiger partial charge in [0.15, 0.2) is 0 Å². The first-order valence-electron chi connectivity index (χ1n) is 9.77. The number of carbonyl (C=O) groups excluding carboxylic acids is 2. The first-order chi connectivity index (χ1) is 13.9. The van der Waals surface area contributed by atoms with E-state index in [-0.39, 0.29) is 25.4 Å². The molecule has 0 saturated carbocycles. The standard InChI is InChI=1S/C21H30N2O6S/c1-6-15-9-7-8-10-16(15)19(29-30(5,26)27)17-11-12-18(24)23(17)14-13-22-20(25)28-21(2,3)4/h6-10,17,19H,1,11-14H2,2-5H3,(H,22,25)/t17-,19?/m0/s1. The Bertz CT molecular complexity index is 891. The van der Waals surface area contributed by atoms with Gasteiger partial charge in [0.25, 0.3) is 10.1 Å². The van der Waals surface area contributed by atoms with Crippen molar-refractivity contribution in [3.63, 3.8) is 0 Å². The Kier molecular flexibility index (Phi) is 7.65. The van der Waals surface area contributed by atoms with E-state index < -0.39 is 34.0 Å². The molecule has 0 radical (unpaired) electrons. The molecule has 1 aromatic carbocycles. The van der Waals surface area contributed by atoms with Crippen LogP contribution in [0.25, 0.3) is 6.08 Å². The van der Waals surface area contributed by atoms with Gasteiger partial charge in [0.2, 0.25) is 5.91 Å². The van der Waals surface area contributed by atoms with Crippen LogP contribution in [0.5, 0.6) is 0 Å². The molecular weight excluding hydrogens is 408 g/mol. The number of likely N-dealkylation sites (tertiary alicyclic amines) is 1. The number of nitrogens with zero attached hydrogens (tertiary/aromatic N) is 1. The van der Waals surface area contributed by atoms with E-state index in [1.807, 2.05) is 12.1 Å². The van der Waals surface area contributed by atoms with Crippen molar-refractivity contribution in [1.29, 1.82) is 0 Å². The SMILES string of the molecule is C=Cc1ccccc1C(OS(C)(=O)=O)[C@@H]1CCC(=O)N1CCNC(=O)OC(C)(C)C. The summed E-state index contributed by atoms with van der Waals surface area (Å²) >= 11 is 0. The highest BCUT2D eigenvalue weighted by molar-refractivity contribution is 7.86. The smallest absolute Gasteiger partial charge is 0.407 e. The van der Waals surface area contributed by atoms with Gasteiger partial charge in [-0.25, -0.2) is 4.79 Å². The molecule has 0 spiro atoms. The molecule has 1 aliphatic heterocycles. The summed E-state index contributed by atoms with van der Waals surface area (Å²) in [5, 5.41) is 2.63. The first kappa shape index (κ1) is 23.9. The molecule has 1 N–H and O–H groups in total. The fraction of sp³-hybridized carbons (Fsp3) is 0.524. The van der Waals surface area contributed by atoms with E-state index in [4.69, 9.17) is 8.92 Å². The molecule has 2 atom stereocenters. The van der Waals surface area contributed by atoms with Crippen LogP contribution < -0.4 is 5.32 Å². The summed E-state index contributed by atoms with van der Waals surface area (Å²) in [5.41, 5.74) is 0.749. The molecule has 1 aliphatic rings. The third kappa shape index (κ3) is 6.84. The van der Waals surface area contributed by atoms with Crippen LogP contribution in [0.4, 0.5) is 4.79 Å². The van der Waals surface area contributed by atoms with Crippen molar-refractivity contribution in [3.8, 4) is 0 Å². The molecule has 1 fully saturated rings. The average Bonchev–Trinajstić information content (AvgIpc) is 2.98. The minimum Gasteiger partial charge on any atom is -0.444 e. The number of rotatable bonds is 8. The fourth-order valence-electron chi connectivity index (χ4n) is 3.42. The predicted octanol–water partition coefficient (Wildman–Crippen LogP) is 2.86. The molecule has 1 aromatic rings. The van der Waals surface area contributed by atoms with Crippen LogP contribution in [0, 0.1) is 0 Å². The summed E-state index contributed by atoms with van der Waals surface area (Å²) in [6, 6.07) is 6.69. The topological polar surface area (TPSA) is 102 Å². The van der Waals surface area contributed by atoms with Crippen LogP contribution in [-0.2, 0) is 23.8 Å². The first-order valence-corrected chi connectivity index (χ1v) is 11.6. The maximum absolute atomic E-state index is 12.5. The number of alkyl carbamates (subject to hydrolysis) is 1. The predicted molar refractivity (Wildman–Crippen MR) is 114 cm³/mol. The number of carbonyl (C=O) groups is 2. The minimum absolute atomic E-state index is 0.121. The van der Waals surface area contributed by atoms with Gasteiger partial charge in [0.1, 0.15) is 11.7 Å². The van der Waals surface area contributed by atoms with Crippen molar-refractivity contribution in [1.82, 2.24) is 10.2 Å². The Labute approximate surface area is 178 Å². The van der Waals surface area contributed by atoms with Crippen LogP contribution in [0.2, 0.25) is 0 Å². The van der Waals surface area contributed by atoms with Crippen LogP contribution in [0.1, 0.15) is 50.8 Å². The second-order valence-corrected chi connectivity index (χ2v) is 9.78. The van der Waals surface area contributed by atoms with E-state index >= 15 is 0 Å². The van der Waals surface area contributed by atoms with Crippen molar-refractivity contribution < 1.29 is 26.9 Å². The van der Waals surface area contributed by atoms with Gasteiger partial charge in [-0.05, 0) is 38.3 Å². The molecule has 2 amide bonds. The average molecular weight is 439 g/mol. The summed E-state index contributed by atoms with van der Waals surface area (Å²) in [6.07, 6.45) is 1.88. The minimum atomic E-state index is -3.79. The molecule has 8 nitrogen and oxygen atoms in total. The second-order valence-electron chi connectivity index (χ2n) is 8.18. The van der Waals surface area contributed by atoms with Crippen LogP contribution in [0.3, 0.4) is 0 Å². The Morgan fingerprint density at radius 1 is 1.37 bits per heavy atom. The number of ether oxygens (including phenoxy) is 1. The normalized spacial score (nSPS) is 18.2. The largest absolute Gasteiger partial charge is 0.444 e. The Hall–Kier alpha value is -2.39. The maximum atomic E-state index is 12.5. The van der Waals surface area contributed by atoms with Gasteiger partial charge in [0, 0.05) is 19.5 Å². The molecular formula is C21H30N2O6S. The summed E-state index contributed by atoms with van der Waals surface area (Å²) in [5.74, 6) is -0.121. The third-order valence-corrected chi connectivity index (χ3v) is 5.10. The number of benzene rings is 1. The van der Waals surface area contributed by atoms with E-state index in [1.54, 1.807) is 43.9 Å². The molecule has 9 heteroatoms. The Morgan fingerprint density at radius 3 is 2.63 bits per heavy atom. The maximum Gasteiger partial charge on any atom is 0.407 e. The summed E-state index contributed by atoms with van der Waals surface area (Å²) in [6.45, 7) is 9.45. The highest BCUT2D eigenvalue weighted by atomic mass is 32.2. The lowest BCUT2D eigenvalue weighted by Crippen LogP contribution is -2.44. The van der Waals surface area contributed by atoms with Gasteiger partial charge in [-0.3, -0.25) is 8.98 Å². The molecule has 30 heavy (non-hydrogen) atoms. The fourth-order valence-corrected chi connectivity index (χ4v) is 4.03. The van der Waals surface area contributed by atoms with Crippen molar-refractivity contribution in [2.45, 2.75) is 51.4 Å². The summed E-state index contributed by atoms with van der Waals surface area (Å²) in [4.78, 5) is 25.9.